The van der Waals surface area contributed by atoms with Gasteiger partial charge in [0.25, 0.3) is 5.69 Å². The standard InChI is InChI=1S/C23H22N2O7S/c1-3-32-22(27)20-19(26)13-17(15-9-5-4-6-10-15)23(14-24,33(2,30)31)21(20)16-11-7-8-12-18(16)25(28)29/h4-12,17,20-21H,3,13H2,1-2H3. The van der Waals surface area contributed by atoms with Gasteiger partial charge < -0.3 is 4.74 Å². The summed E-state index contributed by atoms with van der Waals surface area (Å²) in [7, 11) is -4.32. The highest BCUT2D eigenvalue weighted by Gasteiger charge is 2.65. The van der Waals surface area contributed by atoms with Gasteiger partial charge in [-0.25, -0.2) is 8.42 Å². The van der Waals surface area contributed by atoms with Crippen molar-refractivity contribution < 1.29 is 27.7 Å². The average Bonchev–Trinajstić information content (AvgIpc) is 2.78. The van der Waals surface area contributed by atoms with Crippen LogP contribution >= 0.6 is 0 Å². The predicted molar refractivity (Wildman–Crippen MR) is 118 cm³/mol. The van der Waals surface area contributed by atoms with Crippen LogP contribution in [-0.2, 0) is 24.2 Å². The van der Waals surface area contributed by atoms with Crippen LogP contribution in [0.4, 0.5) is 5.69 Å². The first-order valence-electron chi connectivity index (χ1n) is 10.2. The first-order valence-corrected chi connectivity index (χ1v) is 12.1. The van der Waals surface area contributed by atoms with Crippen LogP contribution in [0.1, 0.15) is 36.3 Å². The summed E-state index contributed by atoms with van der Waals surface area (Å²) >= 11 is 0. The zero-order valence-electron chi connectivity index (χ0n) is 18.0. The SMILES string of the molecule is CCOC(=O)C1C(=O)CC(c2ccccc2)C(C#N)(S(C)(=O)=O)C1c1ccccc1[N+](=O)[O-]. The van der Waals surface area contributed by atoms with Crippen molar-refractivity contribution in [2.75, 3.05) is 12.9 Å². The Kier molecular flexibility index (Phi) is 6.65. The van der Waals surface area contributed by atoms with Crippen molar-refractivity contribution in [3.05, 3.63) is 75.8 Å². The molecular weight excluding hydrogens is 448 g/mol. The Morgan fingerprint density at radius 3 is 2.36 bits per heavy atom. The number of benzene rings is 2. The first-order chi connectivity index (χ1) is 15.6. The van der Waals surface area contributed by atoms with Crippen molar-refractivity contribution in [2.45, 2.75) is 29.9 Å². The van der Waals surface area contributed by atoms with E-state index < -0.39 is 61.1 Å². The quantitative estimate of drug-likeness (QED) is 0.271. The lowest BCUT2D eigenvalue weighted by molar-refractivity contribution is -0.385. The maximum absolute atomic E-state index is 13.4. The van der Waals surface area contributed by atoms with Crippen LogP contribution in [0.15, 0.2) is 54.6 Å². The molecule has 1 aliphatic carbocycles. The maximum Gasteiger partial charge on any atom is 0.317 e. The Labute approximate surface area is 191 Å². The predicted octanol–water partition coefficient (Wildman–Crippen LogP) is 2.92. The van der Waals surface area contributed by atoms with Gasteiger partial charge in [-0.1, -0.05) is 48.5 Å². The van der Waals surface area contributed by atoms with Crippen molar-refractivity contribution in [2.24, 2.45) is 5.92 Å². The van der Waals surface area contributed by atoms with Crippen molar-refractivity contribution in [1.29, 1.82) is 5.26 Å². The highest BCUT2D eigenvalue weighted by Crippen LogP contribution is 2.55. The Balaban J connectivity index is 2.45. The molecule has 1 saturated carbocycles. The van der Waals surface area contributed by atoms with Crippen LogP contribution in [0.5, 0.6) is 0 Å². The van der Waals surface area contributed by atoms with Gasteiger partial charge in [-0.15, -0.1) is 0 Å². The van der Waals surface area contributed by atoms with Crippen LogP contribution in [0, 0.1) is 27.4 Å². The molecule has 10 heteroatoms. The third-order valence-electron chi connectivity index (χ3n) is 6.06. The van der Waals surface area contributed by atoms with E-state index in [9.17, 15) is 33.4 Å². The molecule has 172 valence electrons. The summed E-state index contributed by atoms with van der Waals surface area (Å²) in [5.74, 6) is -6.15. The number of carbonyl (C=O) groups is 2. The Bertz CT molecular complexity index is 1240. The molecule has 0 amide bonds. The van der Waals surface area contributed by atoms with Crippen molar-refractivity contribution >= 4 is 27.3 Å². The molecule has 4 unspecified atom stereocenters. The summed E-state index contributed by atoms with van der Waals surface area (Å²) in [5.41, 5.74) is -0.258. The maximum atomic E-state index is 13.4. The number of para-hydroxylation sites is 1. The fourth-order valence-electron chi connectivity index (χ4n) is 4.73. The first kappa shape index (κ1) is 24.1. The molecule has 0 radical (unpaired) electrons. The number of nitrogens with zero attached hydrogens (tertiary/aromatic N) is 2. The summed E-state index contributed by atoms with van der Waals surface area (Å²) in [5, 5.41) is 22.2. The number of ether oxygens (including phenoxy) is 1. The monoisotopic (exact) mass is 470 g/mol. The summed E-state index contributed by atoms with van der Waals surface area (Å²) in [6, 6.07) is 15.3. The third kappa shape index (κ3) is 4.00. The van der Waals surface area contributed by atoms with Gasteiger partial charge in [-0.3, -0.25) is 19.7 Å². The normalized spacial score (nSPS) is 25.1. The lowest BCUT2D eigenvalue weighted by Crippen LogP contribution is -2.57. The molecule has 9 nitrogen and oxygen atoms in total. The van der Waals surface area contributed by atoms with E-state index in [0.29, 0.717) is 5.56 Å². The van der Waals surface area contributed by atoms with Gasteiger partial charge in [0.2, 0.25) is 0 Å². The van der Waals surface area contributed by atoms with Gasteiger partial charge in [0, 0.05) is 36.1 Å². The number of ketones is 1. The van der Waals surface area contributed by atoms with E-state index in [0.717, 1.165) is 12.3 Å². The fraction of sp³-hybridized carbons (Fsp3) is 0.348. The van der Waals surface area contributed by atoms with E-state index >= 15 is 0 Å². The van der Waals surface area contributed by atoms with Crippen molar-refractivity contribution in [3.8, 4) is 6.07 Å². The van der Waals surface area contributed by atoms with Gasteiger partial charge in [0.15, 0.2) is 14.6 Å². The van der Waals surface area contributed by atoms with Crippen LogP contribution in [0.2, 0.25) is 0 Å². The third-order valence-corrected chi connectivity index (χ3v) is 7.92. The number of nitro groups is 1. The molecule has 4 atom stereocenters. The number of sulfone groups is 1. The van der Waals surface area contributed by atoms with E-state index in [1.54, 1.807) is 30.3 Å². The van der Waals surface area contributed by atoms with Crippen molar-refractivity contribution in [3.63, 3.8) is 0 Å². The van der Waals surface area contributed by atoms with Crippen molar-refractivity contribution in [1.82, 2.24) is 0 Å². The number of carbonyl (C=O) groups excluding carboxylic acids is 2. The Hall–Kier alpha value is -3.58. The molecular formula is C23H22N2O7S. The molecule has 1 fully saturated rings. The number of nitro benzene ring substituents is 1. The second kappa shape index (κ2) is 9.11. The highest BCUT2D eigenvalue weighted by atomic mass is 32.2. The molecule has 0 saturated heterocycles. The summed E-state index contributed by atoms with van der Waals surface area (Å²) < 4.78 is 29.4. The molecule has 33 heavy (non-hydrogen) atoms. The topological polar surface area (TPSA) is 144 Å². The summed E-state index contributed by atoms with van der Waals surface area (Å²) in [6.07, 6.45) is 0.442. The molecule has 2 aromatic carbocycles. The Morgan fingerprint density at radius 2 is 1.82 bits per heavy atom. The zero-order valence-corrected chi connectivity index (χ0v) is 18.8. The molecule has 0 N–H and O–H groups in total. The fourth-order valence-corrected chi connectivity index (χ4v) is 6.35. The molecule has 0 aromatic heterocycles. The zero-order chi connectivity index (χ0) is 24.4. The van der Waals surface area contributed by atoms with Crippen LogP contribution in [0.25, 0.3) is 0 Å². The largest absolute Gasteiger partial charge is 0.465 e. The Morgan fingerprint density at radius 1 is 1.21 bits per heavy atom. The molecule has 2 aromatic rings. The van der Waals surface area contributed by atoms with Crippen LogP contribution < -0.4 is 0 Å². The number of Topliss-reactive ketones (excluding diaryl/α,β-unsaturated/α-hetero) is 1. The number of hydrogen-bond donors (Lipinski definition) is 0. The van der Waals surface area contributed by atoms with Gasteiger partial charge in [0.05, 0.1) is 17.6 Å². The number of hydrogen-bond acceptors (Lipinski definition) is 8. The number of rotatable bonds is 6. The molecule has 0 heterocycles. The molecule has 0 spiro atoms. The highest BCUT2D eigenvalue weighted by molar-refractivity contribution is 7.92. The molecule has 0 bridgehead atoms. The van der Waals surface area contributed by atoms with Crippen LogP contribution in [-0.4, -0.2) is 42.7 Å². The van der Waals surface area contributed by atoms with E-state index in [4.69, 9.17) is 4.74 Å². The minimum atomic E-state index is -4.32. The lowest BCUT2D eigenvalue weighted by atomic mass is 9.61. The van der Waals surface area contributed by atoms with E-state index in [1.807, 2.05) is 6.07 Å². The molecule has 1 aliphatic rings. The van der Waals surface area contributed by atoms with E-state index in [-0.39, 0.29) is 12.2 Å². The summed E-state index contributed by atoms with van der Waals surface area (Å²) in [6.45, 7) is 1.43. The average molecular weight is 471 g/mol. The minimum absolute atomic E-state index is 0.0905. The number of esters is 1. The van der Waals surface area contributed by atoms with Gasteiger partial charge >= 0.3 is 5.97 Å². The van der Waals surface area contributed by atoms with E-state index in [1.165, 1.54) is 25.1 Å². The smallest absolute Gasteiger partial charge is 0.317 e. The van der Waals surface area contributed by atoms with E-state index in [2.05, 4.69) is 0 Å². The molecule has 0 aliphatic heterocycles. The van der Waals surface area contributed by atoms with Gasteiger partial charge in [0.1, 0.15) is 11.7 Å². The van der Waals surface area contributed by atoms with Crippen LogP contribution in [0.3, 0.4) is 0 Å². The van der Waals surface area contributed by atoms with Gasteiger partial charge in [-0.05, 0) is 12.5 Å². The second-order valence-electron chi connectivity index (χ2n) is 7.83. The molecule has 3 rings (SSSR count). The lowest BCUT2D eigenvalue weighted by Gasteiger charge is -2.45. The minimum Gasteiger partial charge on any atom is -0.465 e. The summed E-state index contributed by atoms with van der Waals surface area (Å²) in [4.78, 5) is 37.3. The second-order valence-corrected chi connectivity index (χ2v) is 10.1. The number of nitriles is 1. The van der Waals surface area contributed by atoms with Gasteiger partial charge in [-0.2, -0.15) is 5.26 Å².